The summed E-state index contributed by atoms with van der Waals surface area (Å²) in [5.74, 6) is -0.528. The van der Waals surface area contributed by atoms with Crippen molar-refractivity contribution in [2.24, 2.45) is 0 Å². The van der Waals surface area contributed by atoms with Crippen LogP contribution in [0.15, 0.2) is 36.5 Å². The maximum absolute atomic E-state index is 13.8. The van der Waals surface area contributed by atoms with E-state index in [-0.39, 0.29) is 24.4 Å². The number of carbonyl (C=O) groups is 1. The number of hydrogen-bond acceptors (Lipinski definition) is 4. The molecule has 1 amide bonds. The molecule has 0 bridgehead atoms. The van der Waals surface area contributed by atoms with Crippen LogP contribution in [0, 0.1) is 5.82 Å². The van der Waals surface area contributed by atoms with Gasteiger partial charge in [0.15, 0.2) is 5.69 Å². The Balaban J connectivity index is 1.66. The monoisotopic (exact) mass is 346 g/mol. The second-order valence-corrected chi connectivity index (χ2v) is 6.17. The molecule has 2 aromatic rings. The second-order valence-electron chi connectivity index (χ2n) is 6.17. The van der Waals surface area contributed by atoms with Crippen LogP contribution in [0.1, 0.15) is 23.8 Å². The van der Waals surface area contributed by atoms with Crippen LogP contribution in [-0.4, -0.2) is 69.4 Å². The van der Waals surface area contributed by atoms with Crippen LogP contribution in [0.5, 0.6) is 0 Å². The molecule has 2 heterocycles. The van der Waals surface area contributed by atoms with E-state index >= 15 is 0 Å². The third-order valence-corrected chi connectivity index (χ3v) is 4.71. The van der Waals surface area contributed by atoms with E-state index in [1.807, 2.05) is 6.92 Å². The van der Waals surface area contributed by atoms with Gasteiger partial charge < -0.3 is 10.0 Å². The van der Waals surface area contributed by atoms with Crippen molar-refractivity contribution < 1.29 is 14.3 Å². The fraction of sp³-hybridized carbons (Fsp3) is 0.444. The van der Waals surface area contributed by atoms with Crippen molar-refractivity contribution in [3.8, 4) is 5.69 Å². The standard InChI is InChI=1S/C18H23FN4O2/c1-2-14(13-24)21-9-11-22(12-10-21)18(25)16-7-8-23(20-16)17-6-4-3-5-15(17)19/h3-8,14,24H,2,9-13H2,1H3. The van der Waals surface area contributed by atoms with Gasteiger partial charge in [-0.1, -0.05) is 19.1 Å². The Bertz CT molecular complexity index is 721. The third-order valence-electron chi connectivity index (χ3n) is 4.71. The van der Waals surface area contributed by atoms with Crippen molar-refractivity contribution in [1.82, 2.24) is 19.6 Å². The zero-order valence-electron chi connectivity index (χ0n) is 14.3. The Kier molecular flexibility index (Phi) is 5.45. The fourth-order valence-electron chi connectivity index (χ4n) is 3.16. The summed E-state index contributed by atoms with van der Waals surface area (Å²) >= 11 is 0. The minimum atomic E-state index is -0.382. The van der Waals surface area contributed by atoms with Crippen molar-refractivity contribution in [2.45, 2.75) is 19.4 Å². The van der Waals surface area contributed by atoms with Gasteiger partial charge in [0.1, 0.15) is 11.5 Å². The lowest BCUT2D eigenvalue weighted by Gasteiger charge is -2.38. The third kappa shape index (κ3) is 3.72. The first-order valence-corrected chi connectivity index (χ1v) is 8.58. The molecular formula is C18H23FN4O2. The highest BCUT2D eigenvalue weighted by atomic mass is 19.1. The molecule has 1 aliphatic heterocycles. The molecule has 0 saturated carbocycles. The highest BCUT2D eigenvalue weighted by Gasteiger charge is 2.26. The zero-order chi connectivity index (χ0) is 17.8. The maximum Gasteiger partial charge on any atom is 0.274 e. The molecule has 0 spiro atoms. The zero-order valence-corrected chi connectivity index (χ0v) is 14.3. The molecule has 7 heteroatoms. The number of para-hydroxylation sites is 1. The van der Waals surface area contributed by atoms with Crippen LogP contribution >= 0.6 is 0 Å². The van der Waals surface area contributed by atoms with Gasteiger partial charge >= 0.3 is 0 Å². The van der Waals surface area contributed by atoms with Gasteiger partial charge in [-0.2, -0.15) is 5.10 Å². The molecular weight excluding hydrogens is 323 g/mol. The number of aromatic nitrogens is 2. The van der Waals surface area contributed by atoms with E-state index in [1.54, 1.807) is 35.4 Å². The summed E-state index contributed by atoms with van der Waals surface area (Å²) in [5, 5.41) is 13.6. The van der Waals surface area contributed by atoms with Crippen LogP contribution in [-0.2, 0) is 0 Å². The quantitative estimate of drug-likeness (QED) is 0.892. The van der Waals surface area contributed by atoms with E-state index in [4.69, 9.17) is 0 Å². The van der Waals surface area contributed by atoms with Gasteiger partial charge in [-0.25, -0.2) is 9.07 Å². The summed E-state index contributed by atoms with van der Waals surface area (Å²) < 4.78 is 15.2. The lowest BCUT2D eigenvalue weighted by Crippen LogP contribution is -2.52. The lowest BCUT2D eigenvalue weighted by atomic mass is 10.1. The number of rotatable bonds is 5. The molecule has 1 atom stereocenters. The summed E-state index contributed by atoms with van der Waals surface area (Å²) in [6.07, 6.45) is 2.48. The summed E-state index contributed by atoms with van der Waals surface area (Å²) in [6, 6.07) is 8.09. The van der Waals surface area contributed by atoms with Gasteiger partial charge in [-0.05, 0) is 24.6 Å². The number of nitrogens with zero attached hydrogens (tertiary/aromatic N) is 4. The Labute approximate surface area is 146 Å². The molecule has 1 saturated heterocycles. The van der Waals surface area contributed by atoms with E-state index in [2.05, 4.69) is 10.00 Å². The predicted octanol–water partition coefficient (Wildman–Crippen LogP) is 1.54. The summed E-state index contributed by atoms with van der Waals surface area (Å²) in [5.41, 5.74) is 0.631. The van der Waals surface area contributed by atoms with E-state index in [1.165, 1.54) is 10.7 Å². The highest BCUT2D eigenvalue weighted by molar-refractivity contribution is 5.92. The number of hydrogen-bond donors (Lipinski definition) is 1. The summed E-state index contributed by atoms with van der Waals surface area (Å²) in [7, 11) is 0. The van der Waals surface area contributed by atoms with Crippen LogP contribution < -0.4 is 0 Å². The van der Waals surface area contributed by atoms with Gasteiger partial charge in [0.2, 0.25) is 0 Å². The Morgan fingerprint density at radius 2 is 1.96 bits per heavy atom. The molecule has 1 unspecified atom stereocenters. The number of aliphatic hydroxyl groups is 1. The number of piperazine rings is 1. The van der Waals surface area contributed by atoms with E-state index in [9.17, 15) is 14.3 Å². The molecule has 3 rings (SSSR count). The van der Waals surface area contributed by atoms with Gasteiger partial charge in [0.05, 0.1) is 6.61 Å². The van der Waals surface area contributed by atoms with Crippen LogP contribution in [0.4, 0.5) is 4.39 Å². The summed E-state index contributed by atoms with van der Waals surface area (Å²) in [4.78, 5) is 16.6. The average Bonchev–Trinajstić information content (AvgIpc) is 3.13. The SMILES string of the molecule is CCC(CO)N1CCN(C(=O)c2ccn(-c3ccccc3F)n2)CC1. The van der Waals surface area contributed by atoms with Crippen molar-refractivity contribution in [3.63, 3.8) is 0 Å². The Morgan fingerprint density at radius 1 is 1.24 bits per heavy atom. The normalized spacial score (nSPS) is 16.8. The molecule has 1 aromatic heterocycles. The minimum Gasteiger partial charge on any atom is -0.395 e. The first-order valence-electron chi connectivity index (χ1n) is 8.58. The Morgan fingerprint density at radius 3 is 2.60 bits per heavy atom. The molecule has 0 aliphatic carbocycles. The van der Waals surface area contributed by atoms with Crippen molar-refractivity contribution in [3.05, 3.63) is 48.0 Å². The van der Waals surface area contributed by atoms with Gasteiger partial charge in [-0.3, -0.25) is 9.69 Å². The van der Waals surface area contributed by atoms with E-state index in [0.29, 0.717) is 24.5 Å². The first kappa shape index (κ1) is 17.6. The van der Waals surface area contributed by atoms with Crippen LogP contribution in [0.2, 0.25) is 0 Å². The maximum atomic E-state index is 13.8. The molecule has 0 radical (unpaired) electrons. The number of carbonyl (C=O) groups excluding carboxylic acids is 1. The molecule has 1 aliphatic rings. The second kappa shape index (κ2) is 7.76. The number of aliphatic hydroxyl groups excluding tert-OH is 1. The topological polar surface area (TPSA) is 61.6 Å². The Hall–Kier alpha value is -2.25. The molecule has 134 valence electrons. The number of halogens is 1. The van der Waals surface area contributed by atoms with E-state index < -0.39 is 0 Å². The van der Waals surface area contributed by atoms with Gasteiger partial charge in [-0.15, -0.1) is 0 Å². The van der Waals surface area contributed by atoms with Crippen molar-refractivity contribution in [2.75, 3.05) is 32.8 Å². The lowest BCUT2D eigenvalue weighted by molar-refractivity contribution is 0.0468. The summed E-state index contributed by atoms with van der Waals surface area (Å²) in [6.45, 7) is 4.85. The van der Waals surface area contributed by atoms with Crippen LogP contribution in [0.3, 0.4) is 0 Å². The van der Waals surface area contributed by atoms with Gasteiger partial charge in [0.25, 0.3) is 5.91 Å². The van der Waals surface area contributed by atoms with Crippen LogP contribution in [0.25, 0.3) is 5.69 Å². The molecule has 1 fully saturated rings. The van der Waals surface area contributed by atoms with Crippen molar-refractivity contribution >= 4 is 5.91 Å². The highest BCUT2D eigenvalue weighted by Crippen LogP contribution is 2.15. The minimum absolute atomic E-state index is 0.136. The number of benzene rings is 1. The predicted molar refractivity (Wildman–Crippen MR) is 92.2 cm³/mol. The largest absolute Gasteiger partial charge is 0.395 e. The van der Waals surface area contributed by atoms with E-state index in [0.717, 1.165) is 19.5 Å². The number of amides is 1. The fourth-order valence-corrected chi connectivity index (χ4v) is 3.16. The van der Waals surface area contributed by atoms with Crippen molar-refractivity contribution in [1.29, 1.82) is 0 Å². The molecule has 1 aromatic carbocycles. The molecule has 1 N–H and O–H groups in total. The van der Waals surface area contributed by atoms with Gasteiger partial charge in [0, 0.05) is 38.4 Å². The molecule has 6 nitrogen and oxygen atoms in total. The average molecular weight is 346 g/mol. The smallest absolute Gasteiger partial charge is 0.274 e. The molecule has 25 heavy (non-hydrogen) atoms. The first-order chi connectivity index (χ1) is 12.1.